The van der Waals surface area contributed by atoms with Crippen LogP contribution in [0, 0.1) is 0 Å². The zero-order chi connectivity index (χ0) is 7.14. The van der Waals surface area contributed by atoms with Crippen LogP contribution in [0.5, 0.6) is 0 Å². The molecule has 0 N–H and O–H groups in total. The van der Waals surface area contributed by atoms with Crippen molar-refractivity contribution in [1.82, 2.24) is 4.90 Å². The number of morpholine rings is 1. The van der Waals surface area contributed by atoms with E-state index in [4.69, 9.17) is 4.74 Å². The molecule has 0 aliphatic carbocycles. The lowest BCUT2D eigenvalue weighted by atomic mass is 9.98. The van der Waals surface area contributed by atoms with Gasteiger partial charge in [-0.05, 0) is 13.8 Å². The lowest BCUT2D eigenvalue weighted by Crippen LogP contribution is -2.58. The summed E-state index contributed by atoms with van der Waals surface area (Å²) in [5.41, 5.74) is 0. The van der Waals surface area contributed by atoms with Gasteiger partial charge in [-0.15, -0.1) is 0 Å². The van der Waals surface area contributed by atoms with E-state index < -0.39 is 0 Å². The highest BCUT2D eigenvalue weighted by atomic mass is 16.5. The van der Waals surface area contributed by atoms with Gasteiger partial charge >= 0.3 is 0 Å². The van der Waals surface area contributed by atoms with Crippen molar-refractivity contribution in [3.05, 3.63) is 0 Å². The molecule has 3 saturated heterocycles. The van der Waals surface area contributed by atoms with E-state index in [-0.39, 0.29) is 0 Å². The van der Waals surface area contributed by atoms with Crippen LogP contribution in [-0.2, 0) is 4.74 Å². The Bertz CT molecular complexity index is 119. The van der Waals surface area contributed by atoms with Gasteiger partial charge in [0, 0.05) is 25.6 Å². The van der Waals surface area contributed by atoms with E-state index in [1.165, 1.54) is 6.42 Å². The first kappa shape index (κ1) is 6.62. The van der Waals surface area contributed by atoms with Gasteiger partial charge in [-0.1, -0.05) is 0 Å². The molecule has 0 saturated carbocycles. The van der Waals surface area contributed by atoms with Gasteiger partial charge in [-0.25, -0.2) is 0 Å². The maximum Gasteiger partial charge on any atom is 0.0731 e. The maximum absolute atomic E-state index is 5.51. The van der Waals surface area contributed by atoms with Crippen molar-refractivity contribution in [1.29, 1.82) is 0 Å². The van der Waals surface area contributed by atoms with Gasteiger partial charge in [-0.2, -0.15) is 0 Å². The van der Waals surface area contributed by atoms with Gasteiger partial charge < -0.3 is 4.74 Å². The molecule has 2 nitrogen and oxygen atoms in total. The molecule has 2 unspecified atom stereocenters. The van der Waals surface area contributed by atoms with Crippen molar-refractivity contribution in [2.45, 2.75) is 38.5 Å². The molecular weight excluding hydrogens is 126 g/mol. The third-order valence-corrected chi connectivity index (χ3v) is 2.52. The van der Waals surface area contributed by atoms with Crippen molar-refractivity contribution in [3.8, 4) is 0 Å². The quantitative estimate of drug-likeness (QED) is 0.537. The van der Waals surface area contributed by atoms with Crippen LogP contribution in [0.4, 0.5) is 0 Å². The van der Waals surface area contributed by atoms with Crippen molar-refractivity contribution >= 4 is 0 Å². The van der Waals surface area contributed by atoms with E-state index in [9.17, 15) is 0 Å². The molecule has 3 heterocycles. The molecule has 0 aromatic carbocycles. The first-order chi connectivity index (χ1) is 4.75. The zero-order valence-electron chi connectivity index (χ0n) is 6.71. The van der Waals surface area contributed by atoms with Crippen LogP contribution in [0.15, 0.2) is 0 Å². The standard InChI is InChI=1S/C8H15NO/c1-6(2)9-4-7-3-8(5-9)10-7/h6-8H,3-5H2,1-2H3. The van der Waals surface area contributed by atoms with Crippen molar-refractivity contribution in [2.75, 3.05) is 13.1 Å². The van der Waals surface area contributed by atoms with E-state index in [2.05, 4.69) is 18.7 Å². The summed E-state index contributed by atoms with van der Waals surface area (Å²) in [4.78, 5) is 2.50. The molecule has 2 atom stereocenters. The fourth-order valence-electron chi connectivity index (χ4n) is 1.81. The van der Waals surface area contributed by atoms with E-state index in [0.717, 1.165) is 13.1 Å². The molecule has 3 fully saturated rings. The normalized spacial score (nSPS) is 39.9. The van der Waals surface area contributed by atoms with Gasteiger partial charge in [0.1, 0.15) is 0 Å². The molecule has 0 amide bonds. The van der Waals surface area contributed by atoms with Crippen LogP contribution in [0.25, 0.3) is 0 Å². The lowest BCUT2D eigenvalue weighted by Gasteiger charge is -2.48. The van der Waals surface area contributed by atoms with Gasteiger partial charge in [0.25, 0.3) is 0 Å². The number of piperidine rings is 1. The molecule has 3 rings (SSSR count). The summed E-state index contributed by atoms with van der Waals surface area (Å²) in [7, 11) is 0. The highest BCUT2D eigenvalue weighted by Gasteiger charge is 2.38. The van der Waals surface area contributed by atoms with Crippen LogP contribution in [0.3, 0.4) is 0 Å². The van der Waals surface area contributed by atoms with Gasteiger partial charge in [0.05, 0.1) is 12.2 Å². The van der Waals surface area contributed by atoms with Crippen LogP contribution in [0.1, 0.15) is 20.3 Å². The number of hydrogen-bond acceptors (Lipinski definition) is 2. The highest BCUT2D eigenvalue weighted by Crippen LogP contribution is 2.28. The molecule has 3 aliphatic heterocycles. The van der Waals surface area contributed by atoms with E-state index in [1.807, 2.05) is 0 Å². The predicted octanol–water partition coefficient (Wildman–Crippen LogP) is 0.868. The molecule has 2 bridgehead atoms. The highest BCUT2D eigenvalue weighted by molar-refractivity contribution is 4.89. The first-order valence-corrected chi connectivity index (χ1v) is 4.15. The molecular formula is C8H15NO. The summed E-state index contributed by atoms with van der Waals surface area (Å²) in [6.45, 7) is 6.83. The Morgan fingerprint density at radius 2 is 1.80 bits per heavy atom. The fraction of sp³-hybridized carbons (Fsp3) is 1.00. The molecule has 10 heavy (non-hydrogen) atoms. The third-order valence-electron chi connectivity index (χ3n) is 2.52. The smallest absolute Gasteiger partial charge is 0.0731 e. The lowest BCUT2D eigenvalue weighted by molar-refractivity contribution is -0.185. The Morgan fingerprint density at radius 1 is 1.30 bits per heavy atom. The number of rotatable bonds is 1. The number of hydrogen-bond donors (Lipinski definition) is 0. The van der Waals surface area contributed by atoms with E-state index in [0.29, 0.717) is 18.2 Å². The fourth-order valence-corrected chi connectivity index (χ4v) is 1.81. The second-order valence-corrected chi connectivity index (χ2v) is 3.66. The Labute approximate surface area is 62.2 Å². The predicted molar refractivity (Wildman–Crippen MR) is 40.0 cm³/mol. The summed E-state index contributed by atoms with van der Waals surface area (Å²) in [6.07, 6.45) is 2.45. The van der Waals surface area contributed by atoms with Gasteiger partial charge in [0.15, 0.2) is 0 Å². The second kappa shape index (κ2) is 2.21. The maximum atomic E-state index is 5.51. The van der Waals surface area contributed by atoms with Gasteiger partial charge in [-0.3, -0.25) is 4.90 Å². The number of nitrogens with zero attached hydrogens (tertiary/aromatic N) is 1. The SMILES string of the molecule is CC(C)N1CC2CC(C1)O2. The van der Waals surface area contributed by atoms with Crippen molar-refractivity contribution < 1.29 is 4.74 Å². The zero-order valence-corrected chi connectivity index (χ0v) is 6.71. The minimum Gasteiger partial charge on any atom is -0.372 e. The Morgan fingerprint density at radius 3 is 2.10 bits per heavy atom. The molecule has 0 spiro atoms. The Kier molecular flexibility index (Phi) is 1.46. The minimum absolute atomic E-state index is 0.571. The summed E-state index contributed by atoms with van der Waals surface area (Å²) in [5.74, 6) is 0. The Hall–Kier alpha value is -0.0800. The number of fused-ring (bicyclic) bond motifs is 2. The summed E-state index contributed by atoms with van der Waals surface area (Å²) >= 11 is 0. The van der Waals surface area contributed by atoms with Crippen molar-refractivity contribution in [2.24, 2.45) is 0 Å². The Balaban J connectivity index is 1.91. The van der Waals surface area contributed by atoms with Crippen LogP contribution >= 0.6 is 0 Å². The average molecular weight is 141 g/mol. The van der Waals surface area contributed by atoms with Gasteiger partial charge in [0.2, 0.25) is 0 Å². The number of ether oxygens (including phenoxy) is 1. The summed E-state index contributed by atoms with van der Waals surface area (Å²) in [5, 5.41) is 0. The van der Waals surface area contributed by atoms with Crippen LogP contribution in [0.2, 0.25) is 0 Å². The third kappa shape index (κ3) is 0.956. The van der Waals surface area contributed by atoms with Crippen LogP contribution in [-0.4, -0.2) is 36.2 Å². The second-order valence-electron chi connectivity index (χ2n) is 3.66. The molecule has 2 heteroatoms. The summed E-state index contributed by atoms with van der Waals surface area (Å²) in [6, 6.07) is 0.703. The monoisotopic (exact) mass is 141 g/mol. The average Bonchev–Trinajstić information content (AvgIpc) is 1.86. The molecule has 0 aromatic heterocycles. The first-order valence-electron chi connectivity index (χ1n) is 4.15. The van der Waals surface area contributed by atoms with E-state index >= 15 is 0 Å². The minimum atomic E-state index is 0.571. The summed E-state index contributed by atoms with van der Waals surface area (Å²) < 4.78 is 5.51. The molecule has 58 valence electrons. The van der Waals surface area contributed by atoms with Crippen molar-refractivity contribution in [3.63, 3.8) is 0 Å². The topological polar surface area (TPSA) is 12.5 Å². The van der Waals surface area contributed by atoms with Crippen LogP contribution < -0.4 is 0 Å². The largest absolute Gasteiger partial charge is 0.372 e. The molecule has 0 aromatic rings. The molecule has 0 radical (unpaired) electrons. The van der Waals surface area contributed by atoms with E-state index in [1.54, 1.807) is 0 Å². The molecule has 3 aliphatic rings.